The second kappa shape index (κ2) is 8.44. The van der Waals surface area contributed by atoms with Crippen LogP contribution in [0.4, 0.5) is 0 Å². The van der Waals surface area contributed by atoms with Crippen LogP contribution < -0.4 is 10.1 Å². The Hall–Kier alpha value is -1.56. The molecule has 0 aromatic heterocycles. The minimum atomic E-state index is -0.829. The van der Waals surface area contributed by atoms with Crippen LogP contribution >= 0.6 is 15.9 Å². The first-order valence-corrected chi connectivity index (χ1v) is 11.0. The van der Waals surface area contributed by atoms with Crippen LogP contribution in [-0.4, -0.2) is 35.4 Å². The molecule has 5 nitrogen and oxygen atoms in total. The molecular weight excluding hydrogens is 420 g/mol. The maximum atomic E-state index is 13.3. The van der Waals surface area contributed by atoms with Gasteiger partial charge in [0.1, 0.15) is 11.3 Å². The van der Waals surface area contributed by atoms with E-state index in [1.807, 2.05) is 25.1 Å². The van der Waals surface area contributed by atoms with Gasteiger partial charge >= 0.3 is 0 Å². The molecule has 1 aromatic rings. The molecular formula is C22H31BrN2O3. The van der Waals surface area contributed by atoms with Crippen LogP contribution in [0.15, 0.2) is 22.7 Å². The summed E-state index contributed by atoms with van der Waals surface area (Å²) in [6.45, 7) is 6.74. The Morgan fingerprint density at radius 3 is 2.82 bits per heavy atom. The predicted octanol–water partition coefficient (Wildman–Crippen LogP) is 4.28. The molecule has 1 heterocycles. The lowest BCUT2D eigenvalue weighted by Crippen LogP contribution is -2.57. The van der Waals surface area contributed by atoms with E-state index in [1.165, 1.54) is 6.42 Å². The van der Waals surface area contributed by atoms with Crippen molar-refractivity contribution in [3.8, 4) is 5.75 Å². The third-order valence-electron chi connectivity index (χ3n) is 6.81. The van der Waals surface area contributed by atoms with Gasteiger partial charge in [-0.15, -0.1) is 0 Å². The number of carbonyl (C=O) groups excluding carboxylic acids is 2. The van der Waals surface area contributed by atoms with E-state index in [0.29, 0.717) is 31.2 Å². The highest BCUT2D eigenvalue weighted by molar-refractivity contribution is 9.10. The zero-order chi connectivity index (χ0) is 20.5. The number of likely N-dealkylation sites (tertiary alicyclic amines) is 1. The summed E-state index contributed by atoms with van der Waals surface area (Å²) in [4.78, 5) is 27.7. The molecule has 0 radical (unpaired) electrons. The van der Waals surface area contributed by atoms with Crippen LogP contribution in [0.3, 0.4) is 0 Å². The molecule has 1 N–H and O–H groups in total. The van der Waals surface area contributed by atoms with E-state index in [0.717, 1.165) is 28.6 Å². The highest BCUT2D eigenvalue weighted by atomic mass is 79.9. The molecule has 1 saturated carbocycles. The lowest BCUT2D eigenvalue weighted by Gasteiger charge is -2.39. The Morgan fingerprint density at radius 2 is 2.11 bits per heavy atom. The fourth-order valence-electron chi connectivity index (χ4n) is 4.54. The maximum Gasteiger partial charge on any atom is 0.245 e. The minimum Gasteiger partial charge on any atom is -0.496 e. The standard InChI is InChI=1S/C22H31BrN2O3/c1-14-6-5-7-18(15(14)2)24-21(27)22(3)11-10-20(26)25(22)13-16-12-17(23)8-9-19(16)28-4/h8-9,12,14-15,18H,5-7,10-11,13H2,1-4H3,(H,24,27)/t14-,15-,18+,22+/m0/s1. The summed E-state index contributed by atoms with van der Waals surface area (Å²) in [5.41, 5.74) is 0.0657. The highest BCUT2D eigenvalue weighted by Gasteiger charge is 2.48. The Morgan fingerprint density at radius 1 is 1.36 bits per heavy atom. The van der Waals surface area contributed by atoms with E-state index in [9.17, 15) is 9.59 Å². The molecule has 154 valence electrons. The van der Waals surface area contributed by atoms with Crippen molar-refractivity contribution in [1.82, 2.24) is 10.2 Å². The molecule has 6 heteroatoms. The first kappa shape index (κ1) is 21.2. The fraction of sp³-hybridized carbons (Fsp3) is 0.636. The van der Waals surface area contributed by atoms with Crippen LogP contribution in [0.2, 0.25) is 0 Å². The van der Waals surface area contributed by atoms with E-state index in [-0.39, 0.29) is 17.9 Å². The summed E-state index contributed by atoms with van der Waals surface area (Å²) in [5, 5.41) is 3.28. The third kappa shape index (κ3) is 4.07. The molecule has 1 aromatic carbocycles. The van der Waals surface area contributed by atoms with Crippen molar-refractivity contribution in [3.05, 3.63) is 28.2 Å². The summed E-state index contributed by atoms with van der Waals surface area (Å²) >= 11 is 3.49. The summed E-state index contributed by atoms with van der Waals surface area (Å²) < 4.78 is 6.38. The first-order valence-electron chi connectivity index (χ1n) is 10.2. The number of hydrogen-bond acceptors (Lipinski definition) is 3. The van der Waals surface area contributed by atoms with Crippen LogP contribution in [0, 0.1) is 11.8 Å². The van der Waals surface area contributed by atoms with E-state index in [2.05, 4.69) is 35.1 Å². The van der Waals surface area contributed by atoms with Gasteiger partial charge in [0, 0.05) is 22.5 Å². The van der Waals surface area contributed by atoms with E-state index < -0.39 is 5.54 Å². The average Bonchev–Trinajstić information content (AvgIpc) is 2.95. The van der Waals surface area contributed by atoms with Gasteiger partial charge in [0.25, 0.3) is 0 Å². The van der Waals surface area contributed by atoms with Gasteiger partial charge in [-0.05, 0) is 49.8 Å². The van der Waals surface area contributed by atoms with E-state index in [4.69, 9.17) is 4.74 Å². The first-order chi connectivity index (χ1) is 13.3. The topological polar surface area (TPSA) is 58.6 Å². The minimum absolute atomic E-state index is 0.0183. The Kier molecular flexibility index (Phi) is 6.37. The van der Waals surface area contributed by atoms with Crippen LogP contribution in [-0.2, 0) is 16.1 Å². The number of ether oxygens (including phenoxy) is 1. The third-order valence-corrected chi connectivity index (χ3v) is 7.30. The zero-order valence-electron chi connectivity index (χ0n) is 17.3. The monoisotopic (exact) mass is 450 g/mol. The largest absolute Gasteiger partial charge is 0.496 e. The number of hydrogen-bond donors (Lipinski definition) is 1. The summed E-state index contributed by atoms with van der Waals surface area (Å²) in [6, 6.07) is 5.92. The fourth-order valence-corrected chi connectivity index (χ4v) is 4.95. The van der Waals surface area contributed by atoms with Gasteiger partial charge < -0.3 is 15.0 Å². The van der Waals surface area contributed by atoms with Gasteiger partial charge in [-0.3, -0.25) is 9.59 Å². The van der Waals surface area contributed by atoms with Crippen LogP contribution in [0.1, 0.15) is 58.4 Å². The van der Waals surface area contributed by atoms with Gasteiger partial charge in [-0.1, -0.05) is 42.6 Å². The van der Waals surface area contributed by atoms with Gasteiger partial charge in [0.15, 0.2) is 0 Å². The van der Waals surface area contributed by atoms with Crippen molar-refractivity contribution < 1.29 is 14.3 Å². The molecule has 4 atom stereocenters. The second-order valence-corrected chi connectivity index (χ2v) is 9.47. The number of nitrogens with zero attached hydrogens (tertiary/aromatic N) is 1. The molecule has 28 heavy (non-hydrogen) atoms. The lowest BCUT2D eigenvalue weighted by molar-refractivity contribution is -0.142. The molecule has 0 bridgehead atoms. The Balaban J connectivity index is 1.80. The maximum absolute atomic E-state index is 13.3. The lowest BCUT2D eigenvalue weighted by atomic mass is 9.77. The van der Waals surface area contributed by atoms with Gasteiger partial charge in [-0.2, -0.15) is 0 Å². The predicted molar refractivity (Wildman–Crippen MR) is 113 cm³/mol. The number of rotatable bonds is 5. The molecule has 1 saturated heterocycles. The molecule has 2 amide bonds. The summed E-state index contributed by atoms with van der Waals surface area (Å²) in [6.07, 6.45) is 4.32. The second-order valence-electron chi connectivity index (χ2n) is 8.56. The number of carbonyl (C=O) groups is 2. The molecule has 0 unspecified atom stereocenters. The molecule has 2 aliphatic rings. The number of halogens is 1. The quantitative estimate of drug-likeness (QED) is 0.727. The van der Waals surface area contributed by atoms with Crippen molar-refractivity contribution >= 4 is 27.7 Å². The number of nitrogens with one attached hydrogen (secondary N) is 1. The van der Waals surface area contributed by atoms with Crippen molar-refractivity contribution in [3.63, 3.8) is 0 Å². The van der Waals surface area contributed by atoms with Crippen molar-refractivity contribution in [2.75, 3.05) is 7.11 Å². The van der Waals surface area contributed by atoms with Gasteiger partial charge in [-0.25, -0.2) is 0 Å². The van der Waals surface area contributed by atoms with E-state index in [1.54, 1.807) is 12.0 Å². The van der Waals surface area contributed by atoms with E-state index >= 15 is 0 Å². The molecule has 0 spiro atoms. The number of amides is 2. The van der Waals surface area contributed by atoms with Crippen LogP contribution in [0.25, 0.3) is 0 Å². The Labute approximate surface area is 176 Å². The average molecular weight is 451 g/mol. The number of benzene rings is 1. The normalized spacial score (nSPS) is 30.4. The van der Waals surface area contributed by atoms with Gasteiger partial charge in [0.2, 0.25) is 11.8 Å². The van der Waals surface area contributed by atoms with Crippen molar-refractivity contribution in [2.45, 2.75) is 71.0 Å². The molecule has 3 rings (SSSR count). The highest BCUT2D eigenvalue weighted by Crippen LogP contribution is 2.36. The van der Waals surface area contributed by atoms with Gasteiger partial charge in [0.05, 0.1) is 13.7 Å². The van der Waals surface area contributed by atoms with Crippen LogP contribution in [0.5, 0.6) is 5.75 Å². The zero-order valence-corrected chi connectivity index (χ0v) is 18.8. The molecule has 1 aliphatic carbocycles. The number of methoxy groups -OCH3 is 1. The molecule has 2 fully saturated rings. The molecule has 1 aliphatic heterocycles. The summed E-state index contributed by atoms with van der Waals surface area (Å²) in [7, 11) is 1.62. The van der Waals surface area contributed by atoms with Crippen molar-refractivity contribution in [1.29, 1.82) is 0 Å². The smallest absolute Gasteiger partial charge is 0.245 e. The van der Waals surface area contributed by atoms with Crippen molar-refractivity contribution in [2.24, 2.45) is 11.8 Å². The Bertz CT molecular complexity index is 753. The summed E-state index contributed by atoms with van der Waals surface area (Å²) in [5.74, 6) is 1.78. The SMILES string of the molecule is COc1ccc(Br)cc1CN1C(=O)CC[C@]1(C)C(=O)N[C@@H]1CCC[C@H](C)[C@@H]1C.